The lowest BCUT2D eigenvalue weighted by Crippen LogP contribution is -2.32. The molecule has 5 heteroatoms. The average Bonchev–Trinajstić information content (AvgIpc) is 2.48. The molecule has 1 aromatic heterocycles. The van der Waals surface area contributed by atoms with Crippen LogP contribution in [0.2, 0.25) is 0 Å². The van der Waals surface area contributed by atoms with Crippen LogP contribution in [0.1, 0.15) is 32.6 Å². The monoisotopic (exact) mass is 291 g/mol. The largest absolute Gasteiger partial charge is 0.466 e. The number of carbonyl (C=O) groups is 1. The maximum Gasteiger partial charge on any atom is 0.308 e. The van der Waals surface area contributed by atoms with Gasteiger partial charge >= 0.3 is 5.97 Å². The Morgan fingerprint density at radius 3 is 2.86 bits per heavy atom. The van der Waals surface area contributed by atoms with E-state index in [1.807, 2.05) is 44.2 Å². The molecule has 2 rings (SSSR count). The molecule has 2 atom stereocenters. The number of pyridine rings is 1. The Balaban J connectivity index is 1.91. The quantitative estimate of drug-likeness (QED) is 0.845. The van der Waals surface area contributed by atoms with Crippen molar-refractivity contribution in [2.24, 2.45) is 5.92 Å². The zero-order valence-electron chi connectivity index (χ0n) is 13.1. The second-order valence-electron chi connectivity index (χ2n) is 5.76. The van der Waals surface area contributed by atoms with Gasteiger partial charge in [0, 0.05) is 20.1 Å². The van der Waals surface area contributed by atoms with Gasteiger partial charge in [0.25, 0.3) is 0 Å². The van der Waals surface area contributed by atoms with Gasteiger partial charge in [-0.1, -0.05) is 6.42 Å². The Kier molecular flexibility index (Phi) is 5.42. The fourth-order valence-electron chi connectivity index (χ4n) is 2.77. The molecule has 1 aromatic rings. The van der Waals surface area contributed by atoms with E-state index in [0.29, 0.717) is 12.6 Å². The lowest BCUT2D eigenvalue weighted by molar-refractivity contribution is -0.149. The first-order chi connectivity index (χ1) is 10.1. The van der Waals surface area contributed by atoms with E-state index in [2.05, 4.69) is 10.3 Å². The maximum atomic E-state index is 11.8. The molecule has 0 amide bonds. The third-order valence-electron chi connectivity index (χ3n) is 3.87. The molecule has 1 fully saturated rings. The predicted octanol–water partition coefficient (Wildman–Crippen LogP) is 2.68. The van der Waals surface area contributed by atoms with Crippen LogP contribution in [-0.2, 0) is 9.53 Å². The van der Waals surface area contributed by atoms with Gasteiger partial charge in [-0.05, 0) is 38.3 Å². The maximum absolute atomic E-state index is 11.8. The highest BCUT2D eigenvalue weighted by molar-refractivity contribution is 5.72. The molecule has 0 radical (unpaired) electrons. The van der Waals surface area contributed by atoms with Gasteiger partial charge in [-0.3, -0.25) is 4.79 Å². The number of hydrogen-bond donors (Lipinski definition) is 1. The van der Waals surface area contributed by atoms with Crippen LogP contribution in [0.15, 0.2) is 18.3 Å². The van der Waals surface area contributed by atoms with Crippen LogP contribution in [0.5, 0.6) is 0 Å². The molecule has 0 spiro atoms. The summed E-state index contributed by atoms with van der Waals surface area (Å²) in [5.41, 5.74) is 1.01. The van der Waals surface area contributed by atoms with Crippen LogP contribution < -0.4 is 10.2 Å². The molecular weight excluding hydrogens is 266 g/mol. The standard InChI is InChI=1S/C16H25N3O2/c1-4-21-16(20)12-6-5-7-13(10-12)18-14-8-9-15(17-11-14)19(2)3/h8-9,11-13,18H,4-7,10H2,1-3H3. The van der Waals surface area contributed by atoms with E-state index in [-0.39, 0.29) is 11.9 Å². The fraction of sp³-hybridized carbons (Fsp3) is 0.625. The number of carbonyl (C=O) groups excluding carboxylic acids is 1. The Morgan fingerprint density at radius 2 is 2.24 bits per heavy atom. The van der Waals surface area contributed by atoms with E-state index in [1.54, 1.807) is 0 Å². The number of esters is 1. The van der Waals surface area contributed by atoms with Gasteiger partial charge in [0.15, 0.2) is 0 Å². The molecule has 1 saturated carbocycles. The van der Waals surface area contributed by atoms with Gasteiger partial charge in [-0.2, -0.15) is 0 Å². The second kappa shape index (κ2) is 7.29. The van der Waals surface area contributed by atoms with Gasteiger partial charge in [-0.15, -0.1) is 0 Å². The number of hydrogen-bond acceptors (Lipinski definition) is 5. The molecule has 1 aliphatic carbocycles. The summed E-state index contributed by atoms with van der Waals surface area (Å²) in [6.07, 6.45) is 5.78. The van der Waals surface area contributed by atoms with Gasteiger partial charge in [0.1, 0.15) is 5.82 Å². The smallest absolute Gasteiger partial charge is 0.308 e. The Morgan fingerprint density at radius 1 is 1.43 bits per heavy atom. The number of aromatic nitrogens is 1. The van der Waals surface area contributed by atoms with Gasteiger partial charge in [-0.25, -0.2) is 4.98 Å². The molecule has 1 heterocycles. The molecule has 0 saturated heterocycles. The highest BCUT2D eigenvalue weighted by atomic mass is 16.5. The molecule has 0 aromatic carbocycles. The van der Waals surface area contributed by atoms with E-state index in [0.717, 1.165) is 37.2 Å². The van der Waals surface area contributed by atoms with Crippen molar-refractivity contribution in [2.75, 3.05) is 30.9 Å². The summed E-state index contributed by atoms with van der Waals surface area (Å²) in [5.74, 6) is 0.920. The number of nitrogens with one attached hydrogen (secondary N) is 1. The van der Waals surface area contributed by atoms with Crippen LogP contribution in [0.4, 0.5) is 11.5 Å². The minimum Gasteiger partial charge on any atom is -0.466 e. The van der Waals surface area contributed by atoms with Crippen molar-refractivity contribution in [1.29, 1.82) is 0 Å². The number of ether oxygens (including phenoxy) is 1. The Bertz CT molecular complexity index is 459. The summed E-state index contributed by atoms with van der Waals surface area (Å²) >= 11 is 0. The van der Waals surface area contributed by atoms with Crippen molar-refractivity contribution in [1.82, 2.24) is 4.98 Å². The summed E-state index contributed by atoms with van der Waals surface area (Å²) in [7, 11) is 3.95. The van der Waals surface area contributed by atoms with Crippen LogP contribution in [0.25, 0.3) is 0 Å². The van der Waals surface area contributed by atoms with E-state index in [1.165, 1.54) is 0 Å². The van der Waals surface area contributed by atoms with E-state index < -0.39 is 0 Å². The van der Waals surface area contributed by atoms with Crippen LogP contribution in [-0.4, -0.2) is 37.7 Å². The van der Waals surface area contributed by atoms with Crippen molar-refractivity contribution in [3.63, 3.8) is 0 Å². The average molecular weight is 291 g/mol. The number of anilines is 2. The summed E-state index contributed by atoms with van der Waals surface area (Å²) in [4.78, 5) is 18.2. The molecule has 1 N–H and O–H groups in total. The number of nitrogens with zero attached hydrogens (tertiary/aromatic N) is 2. The molecule has 1 aliphatic rings. The number of rotatable bonds is 5. The van der Waals surface area contributed by atoms with Crippen LogP contribution in [0.3, 0.4) is 0 Å². The first kappa shape index (κ1) is 15.6. The summed E-state index contributed by atoms with van der Waals surface area (Å²) in [6.45, 7) is 2.32. The molecule has 5 nitrogen and oxygen atoms in total. The van der Waals surface area contributed by atoms with Crippen LogP contribution >= 0.6 is 0 Å². The van der Waals surface area contributed by atoms with Crippen LogP contribution in [0, 0.1) is 5.92 Å². The molecule has 116 valence electrons. The SMILES string of the molecule is CCOC(=O)C1CCCC(Nc2ccc(N(C)C)nc2)C1. The Hall–Kier alpha value is -1.78. The van der Waals surface area contributed by atoms with Crippen molar-refractivity contribution in [2.45, 2.75) is 38.6 Å². The summed E-state index contributed by atoms with van der Waals surface area (Å²) < 4.78 is 5.14. The van der Waals surface area contributed by atoms with Crippen molar-refractivity contribution < 1.29 is 9.53 Å². The lowest BCUT2D eigenvalue weighted by Gasteiger charge is -2.29. The van der Waals surface area contributed by atoms with Gasteiger partial charge in [0.05, 0.1) is 24.4 Å². The van der Waals surface area contributed by atoms with Crippen molar-refractivity contribution >= 4 is 17.5 Å². The normalized spacial score (nSPS) is 21.7. The predicted molar refractivity (Wildman–Crippen MR) is 84.6 cm³/mol. The molecule has 21 heavy (non-hydrogen) atoms. The molecule has 0 aliphatic heterocycles. The molecular formula is C16H25N3O2. The minimum atomic E-state index is -0.0509. The van der Waals surface area contributed by atoms with Gasteiger partial charge < -0.3 is 15.0 Å². The Labute approximate surface area is 126 Å². The van der Waals surface area contributed by atoms with Crippen molar-refractivity contribution in [3.8, 4) is 0 Å². The summed E-state index contributed by atoms with van der Waals surface area (Å²) in [5, 5.41) is 3.49. The second-order valence-corrected chi connectivity index (χ2v) is 5.76. The third-order valence-corrected chi connectivity index (χ3v) is 3.87. The zero-order chi connectivity index (χ0) is 15.2. The first-order valence-corrected chi connectivity index (χ1v) is 7.66. The lowest BCUT2D eigenvalue weighted by atomic mass is 9.85. The topological polar surface area (TPSA) is 54.5 Å². The van der Waals surface area contributed by atoms with Crippen molar-refractivity contribution in [3.05, 3.63) is 18.3 Å². The molecule has 0 bridgehead atoms. The van der Waals surface area contributed by atoms with Gasteiger partial charge in [0.2, 0.25) is 0 Å². The zero-order valence-corrected chi connectivity index (χ0v) is 13.1. The summed E-state index contributed by atoms with van der Waals surface area (Å²) in [6, 6.07) is 4.35. The highest BCUT2D eigenvalue weighted by Gasteiger charge is 2.28. The van der Waals surface area contributed by atoms with E-state index in [4.69, 9.17) is 4.74 Å². The minimum absolute atomic E-state index is 0.0326. The first-order valence-electron chi connectivity index (χ1n) is 7.66. The molecule has 2 unspecified atom stereocenters. The van der Waals surface area contributed by atoms with E-state index in [9.17, 15) is 4.79 Å². The fourth-order valence-corrected chi connectivity index (χ4v) is 2.77. The highest BCUT2D eigenvalue weighted by Crippen LogP contribution is 2.27. The third kappa shape index (κ3) is 4.34. The van der Waals surface area contributed by atoms with E-state index >= 15 is 0 Å².